The van der Waals surface area contributed by atoms with Crippen molar-refractivity contribution in [2.75, 3.05) is 34.5 Å². The molecule has 2 aromatic rings. The number of likely N-dealkylation sites (tertiary alicyclic amines) is 1. The highest BCUT2D eigenvalue weighted by Crippen LogP contribution is 2.43. The molecule has 1 fully saturated rings. The van der Waals surface area contributed by atoms with Crippen LogP contribution in [0, 0.1) is 6.92 Å². The minimum Gasteiger partial charge on any atom is -0.507 e. The van der Waals surface area contributed by atoms with Crippen LogP contribution in [0.25, 0.3) is 5.76 Å². The first-order valence-electron chi connectivity index (χ1n) is 10.1. The van der Waals surface area contributed by atoms with Gasteiger partial charge in [-0.2, -0.15) is 0 Å². The van der Waals surface area contributed by atoms with Gasteiger partial charge in [0.25, 0.3) is 11.7 Å². The molecule has 1 unspecified atom stereocenters. The highest BCUT2D eigenvalue weighted by Gasteiger charge is 2.46. The summed E-state index contributed by atoms with van der Waals surface area (Å²) in [4.78, 5) is 27.5. The molecule has 1 aliphatic rings. The summed E-state index contributed by atoms with van der Waals surface area (Å²) in [6, 6.07) is 9.73. The standard InChI is InChI=1S/C24H26ClNO6/c1-14-7-5-8-15(11-14)21-20(23(28)24(29)26(21)9-6-10-30-2)22(27)16-12-19(32-4)17(25)13-18(16)31-3/h5,7-8,11-13,21,27H,6,9-10H2,1-4H3/b22-20+. The second kappa shape index (κ2) is 10.1. The molecule has 2 aromatic carbocycles. The topological polar surface area (TPSA) is 85.3 Å². The Morgan fingerprint density at radius 2 is 1.81 bits per heavy atom. The van der Waals surface area contributed by atoms with E-state index < -0.39 is 17.7 Å². The third-order valence-electron chi connectivity index (χ3n) is 5.37. The maximum atomic E-state index is 13.1. The summed E-state index contributed by atoms with van der Waals surface area (Å²) >= 11 is 6.19. The van der Waals surface area contributed by atoms with Crippen LogP contribution in [0.5, 0.6) is 11.5 Å². The van der Waals surface area contributed by atoms with Gasteiger partial charge in [0, 0.05) is 26.3 Å². The molecule has 1 heterocycles. The van der Waals surface area contributed by atoms with E-state index in [4.69, 9.17) is 25.8 Å². The zero-order chi connectivity index (χ0) is 23.4. The quantitative estimate of drug-likeness (QED) is 0.276. The molecule has 0 radical (unpaired) electrons. The van der Waals surface area contributed by atoms with E-state index in [1.807, 2.05) is 31.2 Å². The summed E-state index contributed by atoms with van der Waals surface area (Å²) in [6.07, 6.45) is 0.546. The average Bonchev–Trinajstić information content (AvgIpc) is 3.03. The minimum atomic E-state index is -0.762. The Morgan fingerprint density at radius 1 is 1.09 bits per heavy atom. The van der Waals surface area contributed by atoms with Gasteiger partial charge in [0.05, 0.1) is 36.4 Å². The lowest BCUT2D eigenvalue weighted by Gasteiger charge is -2.25. The van der Waals surface area contributed by atoms with Gasteiger partial charge in [-0.3, -0.25) is 9.59 Å². The Labute approximate surface area is 192 Å². The van der Waals surface area contributed by atoms with Crippen LogP contribution in [0.15, 0.2) is 42.0 Å². The number of hydrogen-bond acceptors (Lipinski definition) is 6. The number of ketones is 1. The van der Waals surface area contributed by atoms with Gasteiger partial charge in [-0.15, -0.1) is 0 Å². The van der Waals surface area contributed by atoms with Crippen LogP contribution in [0.3, 0.4) is 0 Å². The number of methoxy groups -OCH3 is 3. The highest BCUT2D eigenvalue weighted by molar-refractivity contribution is 6.46. The monoisotopic (exact) mass is 459 g/mol. The Balaban J connectivity index is 2.22. The van der Waals surface area contributed by atoms with Gasteiger partial charge in [0.15, 0.2) is 0 Å². The lowest BCUT2D eigenvalue weighted by molar-refractivity contribution is -0.140. The smallest absolute Gasteiger partial charge is 0.295 e. The van der Waals surface area contributed by atoms with Crippen molar-refractivity contribution >= 4 is 29.1 Å². The lowest BCUT2D eigenvalue weighted by Crippen LogP contribution is -2.31. The van der Waals surface area contributed by atoms with E-state index in [0.717, 1.165) is 11.1 Å². The Kier molecular flexibility index (Phi) is 7.43. The number of nitrogens with zero attached hydrogens (tertiary/aromatic N) is 1. The molecule has 1 atom stereocenters. The molecular weight excluding hydrogens is 434 g/mol. The predicted molar refractivity (Wildman–Crippen MR) is 121 cm³/mol. The summed E-state index contributed by atoms with van der Waals surface area (Å²) < 4.78 is 15.7. The summed E-state index contributed by atoms with van der Waals surface area (Å²) in [6.45, 7) is 2.66. The largest absolute Gasteiger partial charge is 0.507 e. The molecule has 1 amide bonds. The van der Waals surface area contributed by atoms with Crippen LogP contribution in [0.1, 0.15) is 29.2 Å². The minimum absolute atomic E-state index is 0.0132. The van der Waals surface area contributed by atoms with Crippen molar-refractivity contribution in [1.82, 2.24) is 4.90 Å². The number of aliphatic hydroxyl groups excluding tert-OH is 1. The first-order valence-corrected chi connectivity index (χ1v) is 10.5. The van der Waals surface area contributed by atoms with E-state index in [2.05, 4.69) is 0 Å². The van der Waals surface area contributed by atoms with Crippen molar-refractivity contribution in [3.63, 3.8) is 0 Å². The van der Waals surface area contributed by atoms with E-state index >= 15 is 0 Å². The van der Waals surface area contributed by atoms with Crippen molar-refractivity contribution < 1.29 is 28.9 Å². The fourth-order valence-electron chi connectivity index (χ4n) is 3.87. The summed E-state index contributed by atoms with van der Waals surface area (Å²) in [5.41, 5.74) is 1.89. The number of aliphatic hydroxyl groups is 1. The third kappa shape index (κ3) is 4.45. The SMILES string of the molecule is COCCCN1C(=O)C(=O)/C(=C(/O)c2cc(OC)c(Cl)cc2OC)C1c1cccc(C)c1. The van der Waals surface area contributed by atoms with Crippen molar-refractivity contribution in [2.24, 2.45) is 0 Å². The lowest BCUT2D eigenvalue weighted by atomic mass is 9.94. The van der Waals surface area contributed by atoms with Crippen molar-refractivity contribution in [3.8, 4) is 11.5 Å². The van der Waals surface area contributed by atoms with Crippen molar-refractivity contribution in [1.29, 1.82) is 0 Å². The summed E-state index contributed by atoms with van der Waals surface area (Å²) in [7, 11) is 4.45. The van der Waals surface area contributed by atoms with Crippen LogP contribution in [0.4, 0.5) is 0 Å². The zero-order valence-corrected chi connectivity index (χ0v) is 19.2. The number of hydrogen-bond donors (Lipinski definition) is 1. The number of Topliss-reactive ketones (excluding diaryl/α,β-unsaturated/α-hetero) is 1. The maximum Gasteiger partial charge on any atom is 0.295 e. The fraction of sp³-hybridized carbons (Fsp3) is 0.333. The normalized spacial score (nSPS) is 17.7. The van der Waals surface area contributed by atoms with Crippen LogP contribution in [0.2, 0.25) is 5.02 Å². The number of amides is 1. The molecule has 0 aliphatic carbocycles. The summed E-state index contributed by atoms with van der Waals surface area (Å²) in [5.74, 6) is -1.23. The number of ether oxygens (including phenoxy) is 3. The Morgan fingerprint density at radius 3 is 2.44 bits per heavy atom. The molecule has 0 bridgehead atoms. The van der Waals surface area contributed by atoms with Gasteiger partial charge >= 0.3 is 0 Å². The van der Waals surface area contributed by atoms with Gasteiger partial charge < -0.3 is 24.2 Å². The number of rotatable bonds is 8. The van der Waals surface area contributed by atoms with Gasteiger partial charge in [-0.25, -0.2) is 0 Å². The first-order chi connectivity index (χ1) is 15.3. The molecule has 0 aromatic heterocycles. The van der Waals surface area contributed by atoms with Gasteiger partial charge in [-0.05, 0) is 25.0 Å². The van der Waals surface area contributed by atoms with E-state index in [1.54, 1.807) is 7.11 Å². The maximum absolute atomic E-state index is 13.1. The van der Waals surface area contributed by atoms with Crippen molar-refractivity contribution in [3.05, 3.63) is 63.7 Å². The number of carbonyl (C=O) groups excluding carboxylic acids is 2. The Hall–Kier alpha value is -3.03. The van der Waals surface area contributed by atoms with E-state index in [0.29, 0.717) is 25.3 Å². The second-order valence-electron chi connectivity index (χ2n) is 7.44. The van der Waals surface area contributed by atoms with Crippen LogP contribution in [-0.4, -0.2) is 56.2 Å². The second-order valence-corrected chi connectivity index (χ2v) is 7.85. The number of carbonyl (C=O) groups is 2. The van der Waals surface area contributed by atoms with Crippen LogP contribution in [-0.2, 0) is 14.3 Å². The van der Waals surface area contributed by atoms with Crippen LogP contribution < -0.4 is 9.47 Å². The predicted octanol–water partition coefficient (Wildman–Crippen LogP) is 4.12. The molecule has 3 rings (SSSR count). The molecule has 0 spiro atoms. The molecule has 7 nitrogen and oxygen atoms in total. The third-order valence-corrected chi connectivity index (χ3v) is 5.67. The number of benzene rings is 2. The van der Waals surface area contributed by atoms with E-state index in [1.165, 1.54) is 31.3 Å². The van der Waals surface area contributed by atoms with Gasteiger partial charge in [0.2, 0.25) is 0 Å². The molecule has 1 N–H and O–H groups in total. The molecule has 32 heavy (non-hydrogen) atoms. The molecule has 170 valence electrons. The summed E-state index contributed by atoms with van der Waals surface area (Å²) in [5, 5.41) is 11.6. The molecular formula is C24H26ClNO6. The van der Waals surface area contributed by atoms with E-state index in [-0.39, 0.29) is 27.7 Å². The Bertz CT molecular complexity index is 1060. The fourth-order valence-corrected chi connectivity index (χ4v) is 4.10. The molecule has 1 saturated heterocycles. The van der Waals surface area contributed by atoms with Crippen molar-refractivity contribution in [2.45, 2.75) is 19.4 Å². The zero-order valence-electron chi connectivity index (χ0n) is 18.5. The number of halogens is 1. The highest BCUT2D eigenvalue weighted by atomic mass is 35.5. The van der Waals surface area contributed by atoms with Crippen LogP contribution >= 0.6 is 11.6 Å². The molecule has 1 aliphatic heterocycles. The first kappa shape index (κ1) is 23.6. The van der Waals surface area contributed by atoms with Gasteiger partial charge in [-0.1, -0.05) is 41.4 Å². The van der Waals surface area contributed by atoms with Gasteiger partial charge in [0.1, 0.15) is 17.3 Å². The average molecular weight is 460 g/mol. The number of aryl methyl sites for hydroxylation is 1. The van der Waals surface area contributed by atoms with E-state index in [9.17, 15) is 14.7 Å². The molecule has 0 saturated carbocycles. The molecule has 8 heteroatoms.